The van der Waals surface area contributed by atoms with E-state index < -0.39 is 0 Å². The molecule has 0 unspecified atom stereocenters. The molecule has 0 fully saturated rings. The van der Waals surface area contributed by atoms with Crippen LogP contribution in [0.15, 0.2) is 82.6 Å². The molecule has 0 spiro atoms. The van der Waals surface area contributed by atoms with E-state index in [0.29, 0.717) is 16.6 Å². The lowest BCUT2D eigenvalue weighted by Gasteiger charge is -2.21. The summed E-state index contributed by atoms with van der Waals surface area (Å²) in [5, 5.41) is 3.39. The Labute approximate surface area is 254 Å². The predicted molar refractivity (Wildman–Crippen MR) is 168 cm³/mol. The van der Waals surface area contributed by atoms with Crippen LogP contribution >= 0.6 is 46.7 Å². The molecule has 2 heterocycles. The van der Waals surface area contributed by atoms with Crippen molar-refractivity contribution in [2.75, 3.05) is 25.1 Å². The van der Waals surface area contributed by atoms with Crippen molar-refractivity contribution in [3.8, 4) is 23.0 Å². The van der Waals surface area contributed by atoms with Crippen molar-refractivity contribution in [2.45, 2.75) is 35.6 Å². The largest absolute Gasteiger partial charge is 0.457 e. The summed E-state index contributed by atoms with van der Waals surface area (Å²) in [7, 11) is 2.03. The number of benzene rings is 4. The summed E-state index contributed by atoms with van der Waals surface area (Å²) in [6.07, 6.45) is 2.99. The standard InChI is InChI=1S/C32H30Cl2N2O2S2/c1-36(20-24-3-6-26(34)18-30(24)37-27-8-9-31-23(16-27)12-15-39-31)35-13-10-21-2-5-25(33)17-29(21)38-28-7-4-22-11-14-40-32(22)19-28/h2-9,16-19,35H,10-15,20H2,1H3. The smallest absolute Gasteiger partial charge is 0.133 e. The average molecular weight is 610 g/mol. The molecule has 4 nitrogen and oxygen atoms in total. The van der Waals surface area contributed by atoms with E-state index in [9.17, 15) is 0 Å². The number of hydrogen-bond donors (Lipinski definition) is 1. The summed E-state index contributed by atoms with van der Waals surface area (Å²) >= 11 is 16.5. The minimum Gasteiger partial charge on any atom is -0.457 e. The molecular formula is C32H30Cl2N2O2S2. The minimum atomic E-state index is 0.656. The molecule has 206 valence electrons. The first-order valence-corrected chi connectivity index (χ1v) is 16.1. The maximum Gasteiger partial charge on any atom is 0.133 e. The second-order valence-corrected chi connectivity index (χ2v) is 13.1. The Morgan fingerprint density at radius 2 is 1.38 bits per heavy atom. The number of thioether (sulfide) groups is 2. The van der Waals surface area contributed by atoms with Gasteiger partial charge in [-0.15, -0.1) is 23.5 Å². The number of hydrazine groups is 1. The molecule has 0 atom stereocenters. The van der Waals surface area contributed by atoms with Gasteiger partial charge in [-0.3, -0.25) is 5.43 Å². The molecule has 0 saturated heterocycles. The van der Waals surface area contributed by atoms with Crippen LogP contribution in [-0.4, -0.2) is 30.1 Å². The van der Waals surface area contributed by atoms with E-state index in [1.165, 1.54) is 20.9 Å². The number of nitrogens with one attached hydrogen (secondary N) is 1. The first kappa shape index (κ1) is 27.8. The van der Waals surface area contributed by atoms with E-state index in [0.717, 1.165) is 71.4 Å². The van der Waals surface area contributed by atoms with Crippen LogP contribution in [-0.2, 0) is 25.8 Å². The molecule has 8 heteroatoms. The molecule has 40 heavy (non-hydrogen) atoms. The molecule has 1 N–H and O–H groups in total. The number of ether oxygens (including phenoxy) is 2. The highest BCUT2D eigenvalue weighted by Gasteiger charge is 2.16. The second-order valence-electron chi connectivity index (χ2n) is 9.96. The molecule has 0 radical (unpaired) electrons. The Bertz CT molecular complexity index is 1530. The molecule has 4 aromatic rings. The zero-order valence-corrected chi connectivity index (χ0v) is 25.4. The number of nitrogens with zero attached hydrogens (tertiary/aromatic N) is 1. The lowest BCUT2D eigenvalue weighted by molar-refractivity contribution is 0.225. The first-order valence-electron chi connectivity index (χ1n) is 13.4. The Balaban J connectivity index is 1.08. The molecule has 0 bridgehead atoms. The Hall–Kier alpha value is -2.32. The fraction of sp³-hybridized carbons (Fsp3) is 0.250. The van der Waals surface area contributed by atoms with Crippen LogP contribution in [0.5, 0.6) is 23.0 Å². The molecule has 4 aromatic carbocycles. The van der Waals surface area contributed by atoms with E-state index in [-0.39, 0.29) is 0 Å². The van der Waals surface area contributed by atoms with Crippen LogP contribution in [0.4, 0.5) is 0 Å². The van der Waals surface area contributed by atoms with Crippen LogP contribution in [0, 0.1) is 0 Å². The summed E-state index contributed by atoms with van der Waals surface area (Å²) in [6.45, 7) is 1.39. The highest BCUT2D eigenvalue weighted by molar-refractivity contribution is 7.99. The molecule has 0 amide bonds. The summed E-state index contributed by atoms with van der Waals surface area (Å²) in [5.74, 6) is 5.52. The normalized spacial score (nSPS) is 13.9. The van der Waals surface area contributed by atoms with Gasteiger partial charge >= 0.3 is 0 Å². The SMILES string of the molecule is CN(Cc1ccc(Cl)cc1Oc1ccc2c(c1)CCS2)NCCc1ccc(Cl)cc1Oc1ccc2c(c1)SCC2. The van der Waals surface area contributed by atoms with E-state index in [2.05, 4.69) is 40.8 Å². The average Bonchev–Trinajstić information content (AvgIpc) is 3.60. The van der Waals surface area contributed by atoms with Crippen LogP contribution in [0.25, 0.3) is 0 Å². The van der Waals surface area contributed by atoms with E-state index >= 15 is 0 Å². The molecule has 0 saturated carbocycles. The number of hydrogen-bond acceptors (Lipinski definition) is 6. The van der Waals surface area contributed by atoms with Crippen molar-refractivity contribution in [1.29, 1.82) is 0 Å². The van der Waals surface area contributed by atoms with Gasteiger partial charge in [0.25, 0.3) is 0 Å². The number of halogens is 2. The molecule has 2 aliphatic rings. The number of rotatable bonds is 10. The Kier molecular flexibility index (Phi) is 8.82. The monoisotopic (exact) mass is 608 g/mol. The van der Waals surface area contributed by atoms with Crippen LogP contribution in [0.2, 0.25) is 10.0 Å². The topological polar surface area (TPSA) is 33.7 Å². The van der Waals surface area contributed by atoms with Gasteiger partial charge in [0.05, 0.1) is 0 Å². The summed E-state index contributed by atoms with van der Waals surface area (Å²) in [6, 6.07) is 24.4. The van der Waals surface area contributed by atoms with Gasteiger partial charge in [0.15, 0.2) is 0 Å². The molecule has 0 aromatic heterocycles. The van der Waals surface area contributed by atoms with Crippen LogP contribution < -0.4 is 14.9 Å². The van der Waals surface area contributed by atoms with E-state index in [4.69, 9.17) is 32.7 Å². The van der Waals surface area contributed by atoms with Gasteiger partial charge in [0.1, 0.15) is 23.0 Å². The fourth-order valence-electron chi connectivity index (χ4n) is 4.97. The number of aryl methyl sites for hydroxylation is 2. The van der Waals surface area contributed by atoms with Crippen molar-refractivity contribution in [2.24, 2.45) is 0 Å². The van der Waals surface area contributed by atoms with Gasteiger partial charge in [-0.25, -0.2) is 5.01 Å². The third-order valence-electron chi connectivity index (χ3n) is 7.03. The summed E-state index contributed by atoms with van der Waals surface area (Å²) in [4.78, 5) is 2.66. The van der Waals surface area contributed by atoms with E-state index in [1.807, 2.05) is 73.0 Å². The zero-order chi connectivity index (χ0) is 27.5. The quantitative estimate of drug-likeness (QED) is 0.181. The lowest BCUT2D eigenvalue weighted by atomic mass is 10.1. The second kappa shape index (κ2) is 12.7. The fourth-order valence-corrected chi connectivity index (χ4v) is 7.44. The number of fused-ring (bicyclic) bond motifs is 2. The van der Waals surface area contributed by atoms with Crippen molar-refractivity contribution in [1.82, 2.24) is 10.4 Å². The molecule has 6 rings (SSSR count). The summed E-state index contributed by atoms with van der Waals surface area (Å²) in [5.41, 5.74) is 8.42. The summed E-state index contributed by atoms with van der Waals surface area (Å²) < 4.78 is 12.6. The Morgan fingerprint density at radius 1 is 0.725 bits per heavy atom. The van der Waals surface area contributed by atoms with Crippen molar-refractivity contribution >= 4 is 46.7 Å². The van der Waals surface area contributed by atoms with E-state index in [1.54, 1.807) is 0 Å². The third kappa shape index (κ3) is 6.76. The van der Waals surface area contributed by atoms with Gasteiger partial charge in [-0.1, -0.05) is 41.4 Å². The van der Waals surface area contributed by atoms with Gasteiger partial charge in [-0.2, -0.15) is 0 Å². The van der Waals surface area contributed by atoms with Gasteiger partial charge in [-0.05, 0) is 90.6 Å². The van der Waals surface area contributed by atoms with Crippen molar-refractivity contribution in [3.63, 3.8) is 0 Å². The minimum absolute atomic E-state index is 0.656. The van der Waals surface area contributed by atoms with Crippen LogP contribution in [0.3, 0.4) is 0 Å². The molecule has 0 aliphatic carbocycles. The maximum atomic E-state index is 6.34. The van der Waals surface area contributed by atoms with Gasteiger partial charge in [0.2, 0.25) is 0 Å². The maximum absolute atomic E-state index is 6.34. The van der Waals surface area contributed by atoms with Crippen LogP contribution in [0.1, 0.15) is 22.3 Å². The lowest BCUT2D eigenvalue weighted by Crippen LogP contribution is -2.35. The highest BCUT2D eigenvalue weighted by atomic mass is 35.5. The first-order chi connectivity index (χ1) is 19.5. The van der Waals surface area contributed by atoms with Gasteiger partial charge < -0.3 is 9.47 Å². The Morgan fingerprint density at radius 3 is 2.17 bits per heavy atom. The molecule has 2 aliphatic heterocycles. The predicted octanol–water partition coefficient (Wildman–Crippen LogP) is 9.05. The van der Waals surface area contributed by atoms with Gasteiger partial charge in [0, 0.05) is 57.0 Å². The van der Waals surface area contributed by atoms with Crippen molar-refractivity contribution in [3.05, 3.63) is 105 Å². The zero-order valence-electron chi connectivity index (χ0n) is 22.2. The third-order valence-corrected chi connectivity index (χ3v) is 9.71. The molecular weight excluding hydrogens is 579 g/mol. The van der Waals surface area contributed by atoms with Crippen molar-refractivity contribution < 1.29 is 9.47 Å². The highest BCUT2D eigenvalue weighted by Crippen LogP contribution is 2.38.